The van der Waals surface area contributed by atoms with Crippen LogP contribution in [-0.4, -0.2) is 53.9 Å². The highest BCUT2D eigenvalue weighted by molar-refractivity contribution is 7.90. The number of nitrogens with zero attached hydrogens (tertiary/aromatic N) is 3. The molecule has 1 fully saturated rings. The van der Waals surface area contributed by atoms with Crippen LogP contribution in [0.4, 0.5) is 0 Å². The number of benzene rings is 1. The summed E-state index contributed by atoms with van der Waals surface area (Å²) in [6.07, 6.45) is 6.08. The lowest BCUT2D eigenvalue weighted by Gasteiger charge is -2.31. The van der Waals surface area contributed by atoms with Gasteiger partial charge in [0.05, 0.1) is 5.75 Å². The molecule has 1 aliphatic rings. The van der Waals surface area contributed by atoms with E-state index in [9.17, 15) is 13.2 Å². The zero-order chi connectivity index (χ0) is 17.2. The molecule has 0 unspecified atom stereocenters. The number of hydrogen-bond acceptors (Lipinski definition) is 4. The normalized spacial score (nSPS) is 16.3. The molecule has 24 heavy (non-hydrogen) atoms. The second kappa shape index (κ2) is 6.76. The van der Waals surface area contributed by atoms with Gasteiger partial charge in [0, 0.05) is 31.2 Å². The first-order valence-corrected chi connectivity index (χ1v) is 10.0. The molecule has 1 saturated heterocycles. The third-order valence-corrected chi connectivity index (χ3v) is 5.37. The number of piperidine rings is 1. The van der Waals surface area contributed by atoms with Crippen LogP contribution in [0.25, 0.3) is 5.69 Å². The van der Waals surface area contributed by atoms with Crippen molar-refractivity contribution in [1.29, 1.82) is 0 Å². The van der Waals surface area contributed by atoms with E-state index in [4.69, 9.17) is 0 Å². The third-order valence-electron chi connectivity index (χ3n) is 4.30. The molecule has 2 aromatic rings. The summed E-state index contributed by atoms with van der Waals surface area (Å²) in [6.45, 7) is 1.16. The number of carbonyl (C=O) groups is 1. The highest BCUT2D eigenvalue weighted by Gasteiger charge is 2.26. The van der Waals surface area contributed by atoms with Gasteiger partial charge in [0.2, 0.25) is 0 Å². The molecule has 128 valence electrons. The average molecular weight is 347 g/mol. The maximum absolute atomic E-state index is 12.6. The van der Waals surface area contributed by atoms with E-state index in [0.29, 0.717) is 18.8 Å². The summed E-state index contributed by atoms with van der Waals surface area (Å²) in [4.78, 5) is 18.6. The van der Waals surface area contributed by atoms with Crippen LogP contribution in [0.1, 0.15) is 23.3 Å². The minimum Gasteiger partial charge on any atom is -0.337 e. The van der Waals surface area contributed by atoms with E-state index >= 15 is 0 Å². The molecule has 3 rings (SSSR count). The summed E-state index contributed by atoms with van der Waals surface area (Å²) < 4.78 is 24.6. The van der Waals surface area contributed by atoms with Gasteiger partial charge in [-0.05, 0) is 30.9 Å². The largest absolute Gasteiger partial charge is 0.337 e. The molecule has 1 aliphatic heterocycles. The number of para-hydroxylation sites is 1. The lowest BCUT2D eigenvalue weighted by Crippen LogP contribution is -2.40. The number of sulfone groups is 1. The summed E-state index contributed by atoms with van der Waals surface area (Å²) >= 11 is 0. The van der Waals surface area contributed by atoms with Gasteiger partial charge in [-0.2, -0.15) is 0 Å². The van der Waals surface area contributed by atoms with Crippen LogP contribution in [0.3, 0.4) is 0 Å². The number of carbonyl (C=O) groups excluding carboxylic acids is 1. The van der Waals surface area contributed by atoms with Gasteiger partial charge in [0.15, 0.2) is 0 Å². The molecule has 0 saturated carbocycles. The van der Waals surface area contributed by atoms with Crippen LogP contribution >= 0.6 is 0 Å². The monoisotopic (exact) mass is 347 g/mol. The van der Waals surface area contributed by atoms with Crippen LogP contribution in [0.15, 0.2) is 42.9 Å². The van der Waals surface area contributed by atoms with Gasteiger partial charge >= 0.3 is 0 Å². The molecule has 0 aliphatic carbocycles. The van der Waals surface area contributed by atoms with Gasteiger partial charge < -0.3 is 9.47 Å². The van der Waals surface area contributed by atoms with Gasteiger partial charge in [-0.3, -0.25) is 4.79 Å². The number of amides is 1. The molecule has 1 aromatic heterocycles. The molecular formula is C17H21N3O3S. The zero-order valence-electron chi connectivity index (χ0n) is 13.6. The van der Waals surface area contributed by atoms with Crippen LogP contribution in [0, 0.1) is 5.92 Å². The van der Waals surface area contributed by atoms with Crippen molar-refractivity contribution in [2.75, 3.05) is 25.1 Å². The molecule has 0 bridgehead atoms. The Morgan fingerprint density at radius 3 is 2.50 bits per heavy atom. The summed E-state index contributed by atoms with van der Waals surface area (Å²) in [7, 11) is -2.96. The Labute approximate surface area is 142 Å². The van der Waals surface area contributed by atoms with Crippen molar-refractivity contribution in [3.8, 4) is 5.69 Å². The van der Waals surface area contributed by atoms with Crippen molar-refractivity contribution >= 4 is 15.7 Å². The molecule has 0 spiro atoms. The van der Waals surface area contributed by atoms with Crippen LogP contribution in [0.5, 0.6) is 0 Å². The van der Waals surface area contributed by atoms with E-state index in [0.717, 1.165) is 18.5 Å². The number of likely N-dealkylation sites (tertiary alicyclic amines) is 1. The van der Waals surface area contributed by atoms with Crippen LogP contribution in [-0.2, 0) is 9.84 Å². The summed E-state index contributed by atoms with van der Waals surface area (Å²) in [5.41, 5.74) is 1.37. The first-order valence-electron chi connectivity index (χ1n) is 7.99. The Morgan fingerprint density at radius 1 is 1.21 bits per heavy atom. The van der Waals surface area contributed by atoms with Gasteiger partial charge in [-0.25, -0.2) is 13.4 Å². The lowest BCUT2D eigenvalue weighted by atomic mass is 9.99. The molecule has 0 atom stereocenters. The Hall–Kier alpha value is -2.15. The fraction of sp³-hybridized carbons (Fsp3) is 0.412. The molecule has 7 heteroatoms. The first kappa shape index (κ1) is 16.7. The Bertz CT molecular complexity index is 807. The van der Waals surface area contributed by atoms with Gasteiger partial charge in [-0.15, -0.1) is 0 Å². The minimum absolute atomic E-state index is 0.0949. The molecule has 0 radical (unpaired) electrons. The maximum Gasteiger partial charge on any atom is 0.274 e. The predicted molar refractivity (Wildman–Crippen MR) is 91.9 cm³/mol. The quantitative estimate of drug-likeness (QED) is 0.845. The maximum atomic E-state index is 12.6. The topological polar surface area (TPSA) is 72.3 Å². The summed E-state index contributed by atoms with van der Waals surface area (Å²) in [5, 5.41) is 0. The van der Waals surface area contributed by atoms with Crippen molar-refractivity contribution in [1.82, 2.24) is 14.5 Å². The highest BCUT2D eigenvalue weighted by Crippen LogP contribution is 2.20. The highest BCUT2D eigenvalue weighted by atomic mass is 32.2. The molecule has 1 aromatic carbocycles. The fourth-order valence-corrected chi connectivity index (χ4v) is 4.26. The second-order valence-corrected chi connectivity index (χ2v) is 8.51. The van der Waals surface area contributed by atoms with Gasteiger partial charge in [0.1, 0.15) is 21.9 Å². The van der Waals surface area contributed by atoms with Crippen molar-refractivity contribution in [3.63, 3.8) is 0 Å². The van der Waals surface area contributed by atoms with Crippen molar-refractivity contribution < 1.29 is 13.2 Å². The standard InChI is InChI=1S/C17H21N3O3S/c1-24(22,23)12-14-7-9-19(10-8-14)17(21)16-11-20(13-18-16)15-5-3-2-4-6-15/h2-6,11,13-14H,7-10,12H2,1H3. The molecule has 0 N–H and O–H groups in total. The Balaban J connectivity index is 1.63. The Morgan fingerprint density at radius 2 is 1.88 bits per heavy atom. The van der Waals surface area contributed by atoms with E-state index in [-0.39, 0.29) is 17.6 Å². The molecule has 1 amide bonds. The molecule has 6 nitrogen and oxygen atoms in total. The van der Waals surface area contributed by atoms with Gasteiger partial charge in [-0.1, -0.05) is 18.2 Å². The van der Waals surface area contributed by atoms with Crippen molar-refractivity contribution in [2.24, 2.45) is 5.92 Å². The number of hydrogen-bond donors (Lipinski definition) is 0. The Kier molecular flexibility index (Phi) is 4.71. The number of imidazole rings is 1. The molecule has 2 heterocycles. The smallest absolute Gasteiger partial charge is 0.274 e. The van der Waals surface area contributed by atoms with Crippen LogP contribution < -0.4 is 0 Å². The third kappa shape index (κ3) is 4.03. The van der Waals surface area contributed by atoms with Crippen molar-refractivity contribution in [2.45, 2.75) is 12.8 Å². The van der Waals surface area contributed by atoms with E-state index in [1.165, 1.54) is 6.26 Å². The van der Waals surface area contributed by atoms with E-state index in [1.807, 2.05) is 34.9 Å². The number of rotatable bonds is 4. The average Bonchev–Trinajstić information content (AvgIpc) is 3.04. The zero-order valence-corrected chi connectivity index (χ0v) is 14.4. The number of aromatic nitrogens is 2. The van der Waals surface area contributed by atoms with E-state index < -0.39 is 9.84 Å². The fourth-order valence-electron chi connectivity index (χ4n) is 3.07. The summed E-state index contributed by atoms with van der Waals surface area (Å²) in [6, 6.07) is 9.71. The SMILES string of the molecule is CS(=O)(=O)CC1CCN(C(=O)c2cn(-c3ccccc3)cn2)CC1. The summed E-state index contributed by atoms with van der Waals surface area (Å²) in [5.74, 6) is 0.255. The van der Waals surface area contributed by atoms with Gasteiger partial charge in [0.25, 0.3) is 5.91 Å². The van der Waals surface area contributed by atoms with E-state index in [1.54, 1.807) is 17.4 Å². The van der Waals surface area contributed by atoms with Crippen molar-refractivity contribution in [3.05, 3.63) is 48.5 Å². The minimum atomic E-state index is -2.96. The lowest BCUT2D eigenvalue weighted by molar-refractivity contribution is 0.0693. The predicted octanol–water partition coefficient (Wildman–Crippen LogP) is 1.77. The van der Waals surface area contributed by atoms with Crippen LogP contribution in [0.2, 0.25) is 0 Å². The van der Waals surface area contributed by atoms with E-state index in [2.05, 4.69) is 4.98 Å². The second-order valence-electron chi connectivity index (χ2n) is 6.33. The first-order chi connectivity index (χ1) is 11.4. The molecular weight excluding hydrogens is 326 g/mol.